The van der Waals surface area contributed by atoms with Crippen molar-refractivity contribution in [2.24, 2.45) is 0 Å². The average Bonchev–Trinajstić information content (AvgIpc) is 3.10. The van der Waals surface area contributed by atoms with E-state index in [0.717, 1.165) is 24.4 Å². The van der Waals surface area contributed by atoms with Crippen LogP contribution in [-0.2, 0) is 13.1 Å². The zero-order valence-electron chi connectivity index (χ0n) is 17.8. The van der Waals surface area contributed by atoms with Gasteiger partial charge in [-0.15, -0.1) is 0 Å². The van der Waals surface area contributed by atoms with E-state index in [1.54, 1.807) is 0 Å². The monoisotopic (exact) mass is 393 g/mol. The number of aryl methyl sites for hydroxylation is 1. The molecule has 0 aliphatic rings. The summed E-state index contributed by atoms with van der Waals surface area (Å²) >= 11 is 0. The molecule has 0 saturated heterocycles. The second kappa shape index (κ2) is 9.50. The zero-order chi connectivity index (χ0) is 20.8. The van der Waals surface area contributed by atoms with Crippen molar-refractivity contribution in [3.8, 4) is 5.75 Å². The van der Waals surface area contributed by atoms with E-state index in [2.05, 4.69) is 61.1 Å². The summed E-state index contributed by atoms with van der Waals surface area (Å²) in [4.78, 5) is 15.0. The van der Waals surface area contributed by atoms with E-state index in [4.69, 9.17) is 4.74 Å². The minimum Gasteiger partial charge on any atom is -0.494 e. The van der Waals surface area contributed by atoms with Crippen LogP contribution < -0.4 is 10.1 Å². The number of nitrogens with one attached hydrogen (secondary N) is 1. The molecule has 5 heteroatoms. The third kappa shape index (κ3) is 4.73. The first-order valence-electron chi connectivity index (χ1n) is 10.4. The van der Waals surface area contributed by atoms with Crippen molar-refractivity contribution in [2.75, 3.05) is 11.9 Å². The van der Waals surface area contributed by atoms with Gasteiger partial charge in [0.05, 0.1) is 6.61 Å². The summed E-state index contributed by atoms with van der Waals surface area (Å²) in [6.45, 7) is 10.4. The Balaban J connectivity index is 1.82. The van der Waals surface area contributed by atoms with Gasteiger partial charge in [0.15, 0.2) is 0 Å². The fourth-order valence-electron chi connectivity index (χ4n) is 3.54. The number of hydrogen-bond acceptors (Lipinski definition) is 2. The molecule has 3 rings (SSSR count). The highest BCUT2D eigenvalue weighted by Gasteiger charge is 2.21. The van der Waals surface area contributed by atoms with Gasteiger partial charge in [-0.25, -0.2) is 4.79 Å². The highest BCUT2D eigenvalue weighted by molar-refractivity contribution is 5.90. The van der Waals surface area contributed by atoms with Gasteiger partial charge in [-0.3, -0.25) is 0 Å². The van der Waals surface area contributed by atoms with Crippen LogP contribution in [0.15, 0.2) is 54.7 Å². The van der Waals surface area contributed by atoms with Crippen molar-refractivity contribution in [3.05, 3.63) is 60.3 Å². The van der Waals surface area contributed by atoms with Crippen molar-refractivity contribution >= 4 is 22.6 Å². The molecule has 0 fully saturated rings. The number of carbonyl (C=O) groups excluding carboxylic acids is 1. The van der Waals surface area contributed by atoms with Crippen molar-refractivity contribution in [1.29, 1.82) is 0 Å². The van der Waals surface area contributed by atoms with Gasteiger partial charge in [-0.1, -0.05) is 25.1 Å². The number of nitrogens with zero attached hydrogens (tertiary/aromatic N) is 2. The second-order valence-electron chi connectivity index (χ2n) is 7.23. The quantitative estimate of drug-likeness (QED) is 0.518. The topological polar surface area (TPSA) is 46.5 Å². The van der Waals surface area contributed by atoms with Crippen LogP contribution >= 0.6 is 0 Å². The molecule has 2 amide bonds. The highest BCUT2D eigenvalue weighted by Crippen LogP contribution is 2.24. The number of para-hydroxylation sites is 1. The molecule has 0 saturated carbocycles. The number of fused-ring (bicyclic) bond motifs is 1. The standard InChI is InChI=1S/C24H31N3O2/c1-5-18(4)27(24(28)25-20-12-14-21(15-13-20)29-7-3)17-19-16-26(6-2)23-11-9-8-10-22(19)23/h8-16,18H,5-7,17H2,1-4H3,(H,25,28). The Bertz CT molecular complexity index is 946. The van der Waals surface area contributed by atoms with Gasteiger partial charge in [0, 0.05) is 41.9 Å². The van der Waals surface area contributed by atoms with Crippen molar-refractivity contribution in [1.82, 2.24) is 9.47 Å². The van der Waals surface area contributed by atoms with Crippen molar-refractivity contribution in [3.63, 3.8) is 0 Å². The number of hydrogen-bond donors (Lipinski definition) is 1. The fourth-order valence-corrected chi connectivity index (χ4v) is 3.54. The van der Waals surface area contributed by atoms with Gasteiger partial charge in [-0.05, 0) is 63.1 Å². The molecule has 29 heavy (non-hydrogen) atoms. The number of urea groups is 1. The molecule has 2 aromatic carbocycles. The number of aromatic nitrogens is 1. The Morgan fingerprint density at radius 2 is 1.83 bits per heavy atom. The lowest BCUT2D eigenvalue weighted by Crippen LogP contribution is -2.40. The summed E-state index contributed by atoms with van der Waals surface area (Å²) in [5.74, 6) is 0.802. The van der Waals surface area contributed by atoms with Crippen LogP contribution in [0.5, 0.6) is 5.75 Å². The molecule has 1 aromatic heterocycles. The molecule has 0 aliphatic carbocycles. The molecule has 1 unspecified atom stereocenters. The minimum absolute atomic E-state index is 0.0863. The number of rotatable bonds is 8. The Labute approximate surface area is 173 Å². The average molecular weight is 394 g/mol. The summed E-state index contributed by atoms with van der Waals surface area (Å²) in [6, 6.07) is 15.9. The Hall–Kier alpha value is -2.95. The molecule has 1 N–H and O–H groups in total. The summed E-state index contributed by atoms with van der Waals surface area (Å²) in [5, 5.41) is 4.25. The summed E-state index contributed by atoms with van der Waals surface area (Å²) in [7, 11) is 0. The fraction of sp³-hybridized carbons (Fsp3) is 0.375. The second-order valence-corrected chi connectivity index (χ2v) is 7.23. The molecule has 0 bridgehead atoms. The van der Waals surface area contributed by atoms with Crippen molar-refractivity contribution < 1.29 is 9.53 Å². The van der Waals surface area contributed by atoms with Gasteiger partial charge in [-0.2, -0.15) is 0 Å². The van der Waals surface area contributed by atoms with E-state index in [0.29, 0.717) is 13.2 Å². The lowest BCUT2D eigenvalue weighted by Gasteiger charge is -2.28. The normalized spacial score (nSPS) is 12.0. The maximum atomic E-state index is 13.1. The first kappa shape index (κ1) is 20.8. The Morgan fingerprint density at radius 3 is 2.48 bits per heavy atom. The van der Waals surface area contributed by atoms with E-state index in [1.165, 1.54) is 16.5 Å². The third-order valence-electron chi connectivity index (χ3n) is 5.35. The van der Waals surface area contributed by atoms with Gasteiger partial charge < -0.3 is 19.5 Å². The van der Waals surface area contributed by atoms with Gasteiger partial charge in [0.1, 0.15) is 5.75 Å². The summed E-state index contributed by atoms with van der Waals surface area (Å²) in [6.07, 6.45) is 3.06. The van der Waals surface area contributed by atoms with Crippen LogP contribution in [0.1, 0.15) is 39.7 Å². The Morgan fingerprint density at radius 1 is 1.10 bits per heavy atom. The molecule has 154 valence electrons. The smallest absolute Gasteiger partial charge is 0.322 e. The van der Waals surface area contributed by atoms with Gasteiger partial charge in [0.25, 0.3) is 0 Å². The van der Waals surface area contributed by atoms with Crippen LogP contribution in [0.3, 0.4) is 0 Å². The predicted octanol–water partition coefficient (Wildman–Crippen LogP) is 5.89. The number of benzene rings is 2. The maximum absolute atomic E-state index is 13.1. The highest BCUT2D eigenvalue weighted by atomic mass is 16.5. The number of amides is 2. The maximum Gasteiger partial charge on any atom is 0.322 e. The Kier molecular flexibility index (Phi) is 6.81. The number of anilines is 1. The zero-order valence-corrected chi connectivity index (χ0v) is 17.8. The first-order chi connectivity index (χ1) is 14.1. The molecular weight excluding hydrogens is 362 g/mol. The van der Waals surface area contributed by atoms with Gasteiger partial charge >= 0.3 is 6.03 Å². The molecular formula is C24H31N3O2. The number of carbonyl (C=O) groups is 1. The minimum atomic E-state index is -0.0863. The molecule has 1 atom stereocenters. The van der Waals surface area contributed by atoms with Crippen LogP contribution in [0.25, 0.3) is 10.9 Å². The summed E-state index contributed by atoms with van der Waals surface area (Å²) in [5.41, 5.74) is 3.15. The van der Waals surface area contributed by atoms with Gasteiger partial charge in [0.2, 0.25) is 0 Å². The predicted molar refractivity (Wildman–Crippen MR) is 120 cm³/mol. The molecule has 5 nitrogen and oxygen atoms in total. The van der Waals surface area contributed by atoms with Crippen LogP contribution in [-0.4, -0.2) is 28.1 Å². The van der Waals surface area contributed by atoms with Crippen LogP contribution in [0.4, 0.5) is 10.5 Å². The summed E-state index contributed by atoms with van der Waals surface area (Å²) < 4.78 is 7.72. The van der Waals surface area contributed by atoms with Crippen LogP contribution in [0.2, 0.25) is 0 Å². The largest absolute Gasteiger partial charge is 0.494 e. The van der Waals surface area contributed by atoms with E-state index in [-0.39, 0.29) is 12.1 Å². The van der Waals surface area contributed by atoms with E-state index in [9.17, 15) is 4.79 Å². The first-order valence-corrected chi connectivity index (χ1v) is 10.4. The van der Waals surface area contributed by atoms with Crippen molar-refractivity contribution in [2.45, 2.75) is 53.2 Å². The lowest BCUT2D eigenvalue weighted by atomic mass is 10.1. The molecule has 3 aromatic rings. The third-order valence-corrected chi connectivity index (χ3v) is 5.35. The number of ether oxygens (including phenoxy) is 1. The molecule has 1 heterocycles. The molecule has 0 radical (unpaired) electrons. The van der Waals surface area contributed by atoms with Crippen LogP contribution in [0, 0.1) is 0 Å². The van der Waals surface area contributed by atoms with E-state index >= 15 is 0 Å². The van der Waals surface area contributed by atoms with E-state index in [1.807, 2.05) is 36.1 Å². The lowest BCUT2D eigenvalue weighted by molar-refractivity contribution is 0.187. The van der Waals surface area contributed by atoms with E-state index < -0.39 is 0 Å². The molecule has 0 spiro atoms. The SMILES string of the molecule is CCOc1ccc(NC(=O)N(Cc2cn(CC)c3ccccc23)C(C)CC)cc1. The molecule has 0 aliphatic heterocycles.